The van der Waals surface area contributed by atoms with Crippen LogP contribution >= 0.6 is 0 Å². The lowest BCUT2D eigenvalue weighted by atomic mass is 9.71. The number of nitrogen functional groups attached to an aromatic ring is 2. The molecule has 3 nitrogen and oxygen atoms in total. The summed E-state index contributed by atoms with van der Waals surface area (Å²) in [4.78, 5) is 13.0. The number of nitrogens with two attached hydrogens (primary N) is 2. The van der Waals surface area contributed by atoms with Crippen LogP contribution in [0.1, 0.15) is 30.9 Å². The van der Waals surface area contributed by atoms with Gasteiger partial charge in [-0.05, 0) is 67.0 Å². The second kappa shape index (κ2) is 7.08. The molecule has 3 heteroatoms. The van der Waals surface area contributed by atoms with E-state index in [-0.39, 0.29) is 11.8 Å². The fraction of sp³-hybridized carbons (Fsp3) is 0.381. The van der Waals surface area contributed by atoms with E-state index < -0.39 is 0 Å². The second-order valence-corrected chi connectivity index (χ2v) is 7.26. The zero-order chi connectivity index (χ0) is 17.1. The third kappa shape index (κ3) is 3.97. The van der Waals surface area contributed by atoms with Gasteiger partial charge in [0.05, 0.1) is 0 Å². The van der Waals surface area contributed by atoms with Crippen LogP contribution in [0.15, 0.2) is 48.5 Å². The van der Waals surface area contributed by atoms with Gasteiger partial charge < -0.3 is 11.5 Å². The summed E-state index contributed by atoms with van der Waals surface area (Å²) in [5.41, 5.74) is 15.4. The van der Waals surface area contributed by atoms with E-state index in [4.69, 9.17) is 11.5 Å². The first kappa shape index (κ1) is 16.6. The van der Waals surface area contributed by atoms with Crippen molar-refractivity contribution in [3.63, 3.8) is 0 Å². The highest BCUT2D eigenvalue weighted by Gasteiger charge is 2.34. The summed E-state index contributed by atoms with van der Waals surface area (Å²) in [6, 6.07) is 15.8. The molecule has 2 unspecified atom stereocenters. The summed E-state index contributed by atoms with van der Waals surface area (Å²) >= 11 is 0. The van der Waals surface area contributed by atoms with Gasteiger partial charge in [-0.15, -0.1) is 0 Å². The van der Waals surface area contributed by atoms with Crippen LogP contribution in [0.4, 0.5) is 11.4 Å². The number of hydrogen-bond donors (Lipinski definition) is 2. The van der Waals surface area contributed by atoms with Crippen LogP contribution in [-0.2, 0) is 17.6 Å². The van der Waals surface area contributed by atoms with Crippen molar-refractivity contribution in [3.8, 4) is 0 Å². The summed E-state index contributed by atoms with van der Waals surface area (Å²) in [7, 11) is 0. The summed E-state index contributed by atoms with van der Waals surface area (Å²) in [6.45, 7) is 2.26. The zero-order valence-electron chi connectivity index (χ0n) is 14.2. The number of hydrogen-bond acceptors (Lipinski definition) is 3. The number of rotatable bonds is 4. The topological polar surface area (TPSA) is 69.1 Å². The number of Topliss-reactive ketones (excluding diaryl/α,β-unsaturated/α-hetero) is 1. The van der Waals surface area contributed by atoms with E-state index in [1.807, 2.05) is 48.5 Å². The molecule has 0 heterocycles. The molecular weight excluding hydrogens is 296 g/mol. The van der Waals surface area contributed by atoms with Crippen molar-refractivity contribution in [3.05, 3.63) is 59.7 Å². The molecule has 0 amide bonds. The molecule has 24 heavy (non-hydrogen) atoms. The van der Waals surface area contributed by atoms with E-state index in [0.717, 1.165) is 37.1 Å². The molecule has 1 aliphatic rings. The average molecular weight is 322 g/mol. The van der Waals surface area contributed by atoms with Crippen molar-refractivity contribution >= 4 is 17.2 Å². The fourth-order valence-electron chi connectivity index (χ4n) is 3.88. The highest BCUT2D eigenvalue weighted by molar-refractivity contribution is 5.84. The van der Waals surface area contributed by atoms with E-state index in [2.05, 4.69) is 6.92 Å². The molecule has 0 aliphatic heterocycles. The smallest absolute Gasteiger partial charge is 0.139 e. The fourth-order valence-corrected chi connectivity index (χ4v) is 3.88. The lowest BCUT2D eigenvalue weighted by Gasteiger charge is -2.32. The zero-order valence-corrected chi connectivity index (χ0v) is 14.2. The number of carbonyl (C=O) groups excluding carboxylic acids is 1. The molecule has 126 valence electrons. The Kier molecular flexibility index (Phi) is 4.89. The van der Waals surface area contributed by atoms with Gasteiger partial charge in [0.15, 0.2) is 0 Å². The molecule has 0 radical (unpaired) electrons. The Morgan fingerprint density at radius 3 is 1.54 bits per heavy atom. The van der Waals surface area contributed by atoms with Crippen LogP contribution in [0.3, 0.4) is 0 Å². The maximum atomic E-state index is 13.0. The lowest BCUT2D eigenvalue weighted by molar-refractivity contribution is -0.130. The predicted molar refractivity (Wildman–Crippen MR) is 99.5 cm³/mol. The average Bonchev–Trinajstić information content (AvgIpc) is 2.56. The van der Waals surface area contributed by atoms with Crippen LogP contribution < -0.4 is 11.5 Å². The first-order chi connectivity index (χ1) is 11.5. The van der Waals surface area contributed by atoms with Crippen LogP contribution in [-0.4, -0.2) is 5.78 Å². The Hall–Kier alpha value is -2.29. The van der Waals surface area contributed by atoms with E-state index >= 15 is 0 Å². The number of ketones is 1. The van der Waals surface area contributed by atoms with Crippen molar-refractivity contribution in [2.75, 3.05) is 11.5 Å². The Balaban J connectivity index is 1.70. The Bertz CT molecular complexity index is 631. The quantitative estimate of drug-likeness (QED) is 0.840. The molecule has 4 N–H and O–H groups in total. The molecule has 2 aromatic rings. The maximum absolute atomic E-state index is 13.0. The molecule has 2 aromatic carbocycles. The number of benzene rings is 2. The second-order valence-electron chi connectivity index (χ2n) is 7.26. The molecule has 0 aromatic heterocycles. The SMILES string of the molecule is CC1CC(Cc2ccc(N)cc2)C(=O)C(Cc2ccc(N)cc2)C1. The van der Waals surface area contributed by atoms with Crippen LogP contribution in [0, 0.1) is 17.8 Å². The van der Waals surface area contributed by atoms with Gasteiger partial charge in [-0.25, -0.2) is 0 Å². The minimum atomic E-state index is 0.121. The van der Waals surface area contributed by atoms with Gasteiger partial charge >= 0.3 is 0 Å². The Morgan fingerprint density at radius 2 is 1.17 bits per heavy atom. The maximum Gasteiger partial charge on any atom is 0.139 e. The van der Waals surface area contributed by atoms with Crippen molar-refractivity contribution < 1.29 is 4.79 Å². The summed E-state index contributed by atoms with van der Waals surface area (Å²) < 4.78 is 0. The Labute approximate surface area is 144 Å². The number of anilines is 2. The molecule has 1 saturated carbocycles. The monoisotopic (exact) mass is 322 g/mol. The van der Waals surface area contributed by atoms with Crippen molar-refractivity contribution in [2.24, 2.45) is 17.8 Å². The van der Waals surface area contributed by atoms with Gasteiger partial charge in [0.2, 0.25) is 0 Å². The highest BCUT2D eigenvalue weighted by atomic mass is 16.1. The van der Waals surface area contributed by atoms with Gasteiger partial charge in [-0.3, -0.25) is 4.79 Å². The lowest BCUT2D eigenvalue weighted by Crippen LogP contribution is -2.34. The number of carbonyl (C=O) groups is 1. The minimum Gasteiger partial charge on any atom is -0.399 e. The van der Waals surface area contributed by atoms with E-state index in [1.54, 1.807) is 0 Å². The van der Waals surface area contributed by atoms with Crippen LogP contribution in [0.2, 0.25) is 0 Å². The molecule has 2 atom stereocenters. The van der Waals surface area contributed by atoms with Gasteiger partial charge in [0.25, 0.3) is 0 Å². The van der Waals surface area contributed by atoms with E-state index in [1.165, 1.54) is 11.1 Å². The van der Waals surface area contributed by atoms with E-state index in [0.29, 0.717) is 11.7 Å². The molecule has 3 rings (SSSR count). The van der Waals surface area contributed by atoms with Gasteiger partial charge in [0.1, 0.15) is 5.78 Å². The largest absolute Gasteiger partial charge is 0.399 e. The Morgan fingerprint density at radius 1 is 0.792 bits per heavy atom. The van der Waals surface area contributed by atoms with Gasteiger partial charge in [-0.2, -0.15) is 0 Å². The molecular formula is C21H26N2O. The minimum absolute atomic E-state index is 0.121. The molecule has 0 spiro atoms. The van der Waals surface area contributed by atoms with Gasteiger partial charge in [-0.1, -0.05) is 31.2 Å². The molecule has 0 saturated heterocycles. The first-order valence-electron chi connectivity index (χ1n) is 8.74. The van der Waals surface area contributed by atoms with E-state index in [9.17, 15) is 4.79 Å². The highest BCUT2D eigenvalue weighted by Crippen LogP contribution is 2.34. The van der Waals surface area contributed by atoms with Crippen LogP contribution in [0.5, 0.6) is 0 Å². The van der Waals surface area contributed by atoms with Gasteiger partial charge in [0, 0.05) is 23.2 Å². The predicted octanol–water partition coefficient (Wildman–Crippen LogP) is 3.87. The van der Waals surface area contributed by atoms with Crippen molar-refractivity contribution in [1.82, 2.24) is 0 Å². The first-order valence-corrected chi connectivity index (χ1v) is 8.74. The normalized spacial score (nSPS) is 24.0. The van der Waals surface area contributed by atoms with Crippen molar-refractivity contribution in [2.45, 2.75) is 32.6 Å². The third-order valence-electron chi connectivity index (χ3n) is 5.10. The standard InChI is InChI=1S/C21H26N2O/c1-14-10-17(12-15-2-6-19(22)7-3-15)21(24)18(11-14)13-16-4-8-20(23)9-5-16/h2-9,14,17-18H,10-13,22-23H2,1H3. The van der Waals surface area contributed by atoms with Crippen molar-refractivity contribution in [1.29, 1.82) is 0 Å². The molecule has 1 fully saturated rings. The summed E-state index contributed by atoms with van der Waals surface area (Å²) in [5.74, 6) is 1.24. The summed E-state index contributed by atoms with van der Waals surface area (Å²) in [6.07, 6.45) is 3.62. The third-order valence-corrected chi connectivity index (χ3v) is 5.10. The molecule has 1 aliphatic carbocycles. The molecule has 0 bridgehead atoms. The summed E-state index contributed by atoms with van der Waals surface area (Å²) in [5, 5.41) is 0. The van der Waals surface area contributed by atoms with Crippen LogP contribution in [0.25, 0.3) is 0 Å².